The summed E-state index contributed by atoms with van der Waals surface area (Å²) in [7, 11) is 0. The minimum atomic E-state index is 0.754. The summed E-state index contributed by atoms with van der Waals surface area (Å²) >= 11 is 0. The highest BCUT2D eigenvalue weighted by molar-refractivity contribution is 4.69. The number of unbranched alkanes of at least 4 members (excludes halogenated alkanes) is 5. The molecule has 1 saturated heterocycles. The number of piperidine rings is 1. The molecule has 1 fully saturated rings. The van der Waals surface area contributed by atoms with Crippen LogP contribution in [0.5, 0.6) is 0 Å². The van der Waals surface area contributed by atoms with Crippen LogP contribution in [0.25, 0.3) is 0 Å². The Kier molecular flexibility index (Phi) is 14.7. The van der Waals surface area contributed by atoms with Gasteiger partial charge < -0.3 is 10.2 Å². The van der Waals surface area contributed by atoms with Crippen molar-refractivity contribution in [1.82, 2.24) is 10.2 Å². The van der Waals surface area contributed by atoms with Crippen LogP contribution in [0, 0.1) is 11.8 Å². The molecule has 0 unspecified atom stereocenters. The molecule has 2 heteroatoms. The molecule has 0 amide bonds. The Labute approximate surface area is 165 Å². The third kappa shape index (κ3) is 14.0. The van der Waals surface area contributed by atoms with Crippen LogP contribution in [-0.2, 0) is 0 Å². The second-order valence-electron chi connectivity index (χ2n) is 9.62. The zero-order valence-corrected chi connectivity index (χ0v) is 18.7. The lowest BCUT2D eigenvalue weighted by Gasteiger charge is -2.26. The molecule has 0 aromatic heterocycles. The third-order valence-corrected chi connectivity index (χ3v) is 5.97. The van der Waals surface area contributed by atoms with Crippen LogP contribution < -0.4 is 5.32 Å². The Balaban J connectivity index is 1.95. The Bertz CT molecular complexity index is 283. The second-order valence-corrected chi connectivity index (χ2v) is 9.62. The van der Waals surface area contributed by atoms with Crippen LogP contribution in [0.4, 0.5) is 0 Å². The van der Waals surface area contributed by atoms with E-state index in [0.29, 0.717) is 0 Å². The molecule has 0 aliphatic carbocycles. The summed E-state index contributed by atoms with van der Waals surface area (Å²) < 4.78 is 0. The third-order valence-electron chi connectivity index (χ3n) is 5.97. The summed E-state index contributed by atoms with van der Waals surface area (Å²) in [6.07, 6.45) is 18.3. The van der Waals surface area contributed by atoms with E-state index >= 15 is 0 Å². The average molecular weight is 367 g/mol. The number of hydrogen-bond donors (Lipinski definition) is 1. The van der Waals surface area contributed by atoms with Crippen LogP contribution in [0.15, 0.2) is 0 Å². The highest BCUT2D eigenvalue weighted by Crippen LogP contribution is 2.15. The van der Waals surface area contributed by atoms with E-state index in [9.17, 15) is 0 Å². The van der Waals surface area contributed by atoms with Crippen molar-refractivity contribution in [3.8, 4) is 0 Å². The van der Waals surface area contributed by atoms with Crippen molar-refractivity contribution in [3.63, 3.8) is 0 Å². The van der Waals surface area contributed by atoms with E-state index in [4.69, 9.17) is 0 Å². The number of likely N-dealkylation sites (tertiary alicyclic amines) is 1. The molecule has 0 bridgehead atoms. The normalized spacial score (nSPS) is 16.3. The molecule has 1 aliphatic heterocycles. The van der Waals surface area contributed by atoms with E-state index in [1.54, 1.807) is 0 Å². The van der Waals surface area contributed by atoms with Gasteiger partial charge in [-0.3, -0.25) is 0 Å². The van der Waals surface area contributed by atoms with Gasteiger partial charge in [-0.25, -0.2) is 0 Å². The van der Waals surface area contributed by atoms with Gasteiger partial charge in [-0.1, -0.05) is 59.8 Å². The topological polar surface area (TPSA) is 15.3 Å². The molecule has 26 heavy (non-hydrogen) atoms. The lowest BCUT2D eigenvalue weighted by Crippen LogP contribution is -2.30. The van der Waals surface area contributed by atoms with Gasteiger partial charge in [0.05, 0.1) is 0 Å². The van der Waals surface area contributed by atoms with Gasteiger partial charge in [-0.15, -0.1) is 0 Å². The quantitative estimate of drug-likeness (QED) is 0.308. The number of rotatable bonds is 16. The minimum absolute atomic E-state index is 0.754. The molecule has 1 heterocycles. The fraction of sp³-hybridized carbons (Fsp3) is 1.00. The van der Waals surface area contributed by atoms with Crippen molar-refractivity contribution in [3.05, 3.63) is 0 Å². The predicted octanol–water partition coefficient (Wildman–Crippen LogP) is 6.64. The maximum Gasteiger partial charge on any atom is 0.00672 e. The smallest absolute Gasteiger partial charge is 0.00672 e. The van der Waals surface area contributed by atoms with Gasteiger partial charge >= 0.3 is 0 Å². The molecule has 1 aliphatic rings. The highest BCUT2D eigenvalue weighted by atomic mass is 15.1. The molecular formula is C24H50N2. The number of nitrogens with zero attached hydrogens (tertiary/aromatic N) is 1. The van der Waals surface area contributed by atoms with Gasteiger partial charge in [-0.2, -0.15) is 0 Å². The Hall–Kier alpha value is -0.0800. The Morgan fingerprint density at radius 1 is 0.654 bits per heavy atom. The standard InChI is InChI=1S/C24H50N2/c1-22(2)14-16-24(17-15-23(3)4)25-18-10-7-5-6-8-11-19-26-20-12-9-13-21-26/h22-25H,5-21H2,1-4H3. The molecule has 1 N–H and O–H groups in total. The largest absolute Gasteiger partial charge is 0.314 e. The first-order chi connectivity index (χ1) is 12.6. The van der Waals surface area contributed by atoms with E-state index in [1.165, 1.54) is 110 Å². The van der Waals surface area contributed by atoms with E-state index in [2.05, 4.69) is 37.9 Å². The Morgan fingerprint density at radius 2 is 1.19 bits per heavy atom. The summed E-state index contributed by atoms with van der Waals surface area (Å²) in [6, 6.07) is 0.754. The molecule has 0 saturated carbocycles. The van der Waals surface area contributed by atoms with Crippen LogP contribution >= 0.6 is 0 Å². The van der Waals surface area contributed by atoms with Crippen molar-refractivity contribution in [2.45, 2.75) is 117 Å². The van der Waals surface area contributed by atoms with E-state index in [-0.39, 0.29) is 0 Å². The fourth-order valence-corrected chi connectivity index (χ4v) is 4.07. The van der Waals surface area contributed by atoms with Crippen molar-refractivity contribution < 1.29 is 0 Å². The van der Waals surface area contributed by atoms with E-state index < -0.39 is 0 Å². The van der Waals surface area contributed by atoms with Gasteiger partial charge in [0.2, 0.25) is 0 Å². The monoisotopic (exact) mass is 366 g/mol. The average Bonchev–Trinajstić information content (AvgIpc) is 2.62. The van der Waals surface area contributed by atoms with Crippen molar-refractivity contribution in [2.75, 3.05) is 26.2 Å². The number of nitrogens with one attached hydrogen (secondary N) is 1. The summed E-state index contributed by atoms with van der Waals surface area (Å²) in [5.74, 6) is 1.67. The van der Waals surface area contributed by atoms with Crippen molar-refractivity contribution >= 4 is 0 Å². The lowest BCUT2D eigenvalue weighted by molar-refractivity contribution is 0.224. The first-order valence-corrected chi connectivity index (χ1v) is 12.0. The highest BCUT2D eigenvalue weighted by Gasteiger charge is 2.10. The summed E-state index contributed by atoms with van der Waals surface area (Å²) in [6.45, 7) is 14.7. The lowest BCUT2D eigenvalue weighted by atomic mass is 9.96. The molecule has 0 atom stereocenters. The maximum atomic E-state index is 3.87. The minimum Gasteiger partial charge on any atom is -0.314 e. The van der Waals surface area contributed by atoms with E-state index in [1.807, 2.05) is 0 Å². The summed E-state index contributed by atoms with van der Waals surface area (Å²) in [4.78, 5) is 2.68. The van der Waals surface area contributed by atoms with Crippen molar-refractivity contribution in [1.29, 1.82) is 0 Å². The first kappa shape index (κ1) is 24.0. The molecular weight excluding hydrogens is 316 g/mol. The van der Waals surface area contributed by atoms with Crippen molar-refractivity contribution in [2.24, 2.45) is 11.8 Å². The van der Waals surface area contributed by atoms with Gasteiger partial charge in [0.25, 0.3) is 0 Å². The molecule has 0 radical (unpaired) electrons. The van der Waals surface area contributed by atoms with E-state index in [0.717, 1.165) is 17.9 Å². The maximum absolute atomic E-state index is 3.87. The van der Waals surface area contributed by atoms with Crippen LogP contribution in [0.1, 0.15) is 111 Å². The van der Waals surface area contributed by atoms with Crippen LogP contribution in [0.3, 0.4) is 0 Å². The fourth-order valence-electron chi connectivity index (χ4n) is 4.07. The zero-order chi connectivity index (χ0) is 19.0. The molecule has 0 aromatic carbocycles. The first-order valence-electron chi connectivity index (χ1n) is 12.0. The molecule has 2 nitrogen and oxygen atoms in total. The Morgan fingerprint density at radius 3 is 1.77 bits per heavy atom. The van der Waals surface area contributed by atoms with Gasteiger partial charge in [0.1, 0.15) is 0 Å². The van der Waals surface area contributed by atoms with Crippen LogP contribution in [-0.4, -0.2) is 37.1 Å². The second kappa shape index (κ2) is 15.9. The van der Waals surface area contributed by atoms with Gasteiger partial charge in [-0.05, 0) is 89.4 Å². The summed E-state index contributed by atoms with van der Waals surface area (Å²) in [5, 5.41) is 3.87. The SMILES string of the molecule is CC(C)CCC(CCC(C)C)NCCCCCCCCN1CCCCC1. The predicted molar refractivity (Wildman–Crippen MR) is 118 cm³/mol. The molecule has 0 spiro atoms. The number of hydrogen-bond acceptors (Lipinski definition) is 2. The molecule has 1 rings (SSSR count). The van der Waals surface area contributed by atoms with Gasteiger partial charge in [0.15, 0.2) is 0 Å². The zero-order valence-electron chi connectivity index (χ0n) is 18.7. The molecule has 0 aromatic rings. The van der Waals surface area contributed by atoms with Gasteiger partial charge in [0, 0.05) is 6.04 Å². The van der Waals surface area contributed by atoms with Crippen LogP contribution in [0.2, 0.25) is 0 Å². The molecule has 156 valence electrons. The summed E-state index contributed by atoms with van der Waals surface area (Å²) in [5.41, 5.74) is 0.